The maximum Gasteiger partial charge on any atom is 0.332 e. The Kier molecular flexibility index (Phi) is 4.48. The average molecular weight is 343 g/mol. The SMILES string of the molecule is CCCOc1ccccc1C1CC(=O)Nc2c1c(=O)n(C)c(=O)n2C. The van der Waals surface area contributed by atoms with Gasteiger partial charge in [0, 0.05) is 32.0 Å². The fourth-order valence-corrected chi connectivity index (χ4v) is 3.18. The molecular weight excluding hydrogens is 322 g/mol. The van der Waals surface area contributed by atoms with Crippen LogP contribution in [0.3, 0.4) is 0 Å². The lowest BCUT2D eigenvalue weighted by atomic mass is 9.86. The molecule has 0 radical (unpaired) electrons. The third-order valence-electron chi connectivity index (χ3n) is 4.45. The number of carbonyl (C=O) groups is 1. The minimum atomic E-state index is -0.472. The van der Waals surface area contributed by atoms with Crippen LogP contribution in [-0.4, -0.2) is 21.6 Å². The number of aromatic nitrogens is 2. The molecular formula is C18H21N3O4. The first-order valence-corrected chi connectivity index (χ1v) is 8.27. The van der Waals surface area contributed by atoms with Crippen molar-refractivity contribution in [3.05, 3.63) is 56.2 Å². The van der Waals surface area contributed by atoms with Gasteiger partial charge < -0.3 is 10.1 Å². The van der Waals surface area contributed by atoms with Crippen molar-refractivity contribution >= 4 is 11.7 Å². The van der Waals surface area contributed by atoms with Gasteiger partial charge in [-0.1, -0.05) is 25.1 Å². The van der Waals surface area contributed by atoms with Crippen molar-refractivity contribution in [2.24, 2.45) is 14.1 Å². The second kappa shape index (κ2) is 6.58. The largest absolute Gasteiger partial charge is 0.493 e. The molecule has 1 aliphatic rings. The van der Waals surface area contributed by atoms with Crippen molar-refractivity contribution in [3.8, 4) is 5.75 Å². The van der Waals surface area contributed by atoms with Crippen LogP contribution in [0.25, 0.3) is 0 Å². The molecule has 0 spiro atoms. The zero-order chi connectivity index (χ0) is 18.1. The van der Waals surface area contributed by atoms with Crippen LogP contribution in [0.5, 0.6) is 5.75 Å². The molecule has 1 amide bonds. The van der Waals surface area contributed by atoms with Crippen LogP contribution in [0, 0.1) is 0 Å². The van der Waals surface area contributed by atoms with Crippen LogP contribution >= 0.6 is 0 Å². The van der Waals surface area contributed by atoms with Gasteiger partial charge in [-0.2, -0.15) is 0 Å². The normalized spacial score (nSPS) is 16.3. The Morgan fingerprint density at radius 2 is 1.88 bits per heavy atom. The molecule has 0 aliphatic carbocycles. The molecule has 1 N–H and O–H groups in total. The zero-order valence-corrected chi connectivity index (χ0v) is 14.5. The van der Waals surface area contributed by atoms with Crippen LogP contribution in [0.4, 0.5) is 5.82 Å². The molecule has 0 fully saturated rings. The van der Waals surface area contributed by atoms with E-state index >= 15 is 0 Å². The number of carbonyl (C=O) groups excluding carboxylic acids is 1. The lowest BCUT2D eigenvalue weighted by Gasteiger charge is -2.28. The van der Waals surface area contributed by atoms with Gasteiger partial charge in [0.1, 0.15) is 11.6 Å². The van der Waals surface area contributed by atoms with E-state index in [1.165, 1.54) is 11.6 Å². The minimum Gasteiger partial charge on any atom is -0.493 e. The van der Waals surface area contributed by atoms with Crippen LogP contribution in [0.1, 0.15) is 36.8 Å². The molecule has 0 saturated heterocycles. The van der Waals surface area contributed by atoms with Crippen molar-refractivity contribution in [2.75, 3.05) is 11.9 Å². The summed E-state index contributed by atoms with van der Waals surface area (Å²) in [5, 5.41) is 2.67. The van der Waals surface area contributed by atoms with Crippen molar-refractivity contribution in [3.63, 3.8) is 0 Å². The molecule has 0 saturated carbocycles. The number of hydrogen-bond donors (Lipinski definition) is 1. The molecule has 2 aromatic rings. The molecule has 2 heterocycles. The Morgan fingerprint density at radius 3 is 2.60 bits per heavy atom. The summed E-state index contributed by atoms with van der Waals surface area (Å²) < 4.78 is 8.17. The number of fused-ring (bicyclic) bond motifs is 1. The number of benzene rings is 1. The van der Waals surface area contributed by atoms with E-state index in [-0.39, 0.29) is 18.1 Å². The van der Waals surface area contributed by atoms with Crippen molar-refractivity contribution < 1.29 is 9.53 Å². The summed E-state index contributed by atoms with van der Waals surface area (Å²) in [6.45, 7) is 2.56. The van der Waals surface area contributed by atoms with Gasteiger partial charge >= 0.3 is 5.69 Å². The Hall–Kier alpha value is -2.83. The number of hydrogen-bond acceptors (Lipinski definition) is 4. The van der Waals surface area contributed by atoms with E-state index in [0.717, 1.165) is 16.6 Å². The number of para-hydroxylation sites is 1. The standard InChI is InChI=1S/C18H21N3O4/c1-4-9-25-13-8-6-5-7-11(13)12-10-14(22)19-16-15(12)17(23)21(3)18(24)20(16)2/h5-8,12H,4,9-10H2,1-3H3,(H,19,22). The Morgan fingerprint density at radius 1 is 1.16 bits per heavy atom. The summed E-state index contributed by atoms with van der Waals surface area (Å²) in [6, 6.07) is 7.41. The van der Waals surface area contributed by atoms with Gasteiger partial charge in [0.15, 0.2) is 0 Å². The molecule has 132 valence electrons. The van der Waals surface area contributed by atoms with Crippen LogP contribution in [-0.2, 0) is 18.9 Å². The molecule has 1 unspecified atom stereocenters. The zero-order valence-electron chi connectivity index (χ0n) is 14.5. The summed E-state index contributed by atoms with van der Waals surface area (Å²) in [6.07, 6.45) is 0.985. The molecule has 1 atom stereocenters. The van der Waals surface area contributed by atoms with E-state index in [1.54, 1.807) is 7.05 Å². The lowest BCUT2D eigenvalue weighted by molar-refractivity contribution is -0.116. The fourth-order valence-electron chi connectivity index (χ4n) is 3.18. The van der Waals surface area contributed by atoms with Crippen molar-refractivity contribution in [1.82, 2.24) is 9.13 Å². The smallest absolute Gasteiger partial charge is 0.332 e. The third-order valence-corrected chi connectivity index (χ3v) is 4.45. The molecule has 7 heteroatoms. The molecule has 7 nitrogen and oxygen atoms in total. The van der Waals surface area contributed by atoms with Crippen molar-refractivity contribution in [1.29, 1.82) is 0 Å². The van der Waals surface area contributed by atoms with Gasteiger partial charge in [0.2, 0.25) is 5.91 Å². The maximum absolute atomic E-state index is 12.8. The first kappa shape index (κ1) is 17.0. The number of ether oxygens (including phenoxy) is 1. The lowest BCUT2D eigenvalue weighted by Crippen LogP contribution is -2.44. The summed E-state index contributed by atoms with van der Waals surface area (Å²) >= 11 is 0. The number of nitrogens with zero attached hydrogens (tertiary/aromatic N) is 2. The molecule has 1 aliphatic heterocycles. The van der Waals surface area contributed by atoms with Gasteiger partial charge in [-0.05, 0) is 12.5 Å². The fraction of sp³-hybridized carbons (Fsp3) is 0.389. The molecule has 25 heavy (non-hydrogen) atoms. The van der Waals surface area contributed by atoms with Gasteiger partial charge in [0.05, 0.1) is 12.2 Å². The maximum atomic E-state index is 12.8. The third kappa shape index (κ3) is 2.86. The summed E-state index contributed by atoms with van der Waals surface area (Å²) in [5.74, 6) is 0.235. The predicted molar refractivity (Wildman–Crippen MR) is 94.2 cm³/mol. The van der Waals surface area contributed by atoms with Gasteiger partial charge in [-0.3, -0.25) is 18.7 Å². The average Bonchev–Trinajstić information content (AvgIpc) is 2.62. The number of amides is 1. The van der Waals surface area contributed by atoms with E-state index < -0.39 is 17.2 Å². The summed E-state index contributed by atoms with van der Waals surface area (Å²) in [5.41, 5.74) is 0.327. The Balaban J connectivity index is 2.24. The van der Waals surface area contributed by atoms with E-state index in [9.17, 15) is 14.4 Å². The summed E-state index contributed by atoms with van der Waals surface area (Å²) in [7, 11) is 2.99. The monoisotopic (exact) mass is 343 g/mol. The van der Waals surface area contributed by atoms with E-state index in [2.05, 4.69) is 5.32 Å². The number of nitrogens with one attached hydrogen (secondary N) is 1. The quantitative estimate of drug-likeness (QED) is 0.908. The highest BCUT2D eigenvalue weighted by atomic mass is 16.5. The molecule has 3 rings (SSSR count). The van der Waals surface area contributed by atoms with Gasteiger partial charge in [-0.15, -0.1) is 0 Å². The van der Waals surface area contributed by atoms with Crippen LogP contribution < -0.4 is 21.3 Å². The van der Waals surface area contributed by atoms with E-state index in [4.69, 9.17) is 4.74 Å². The first-order chi connectivity index (χ1) is 12.0. The molecule has 1 aromatic heterocycles. The second-order valence-corrected chi connectivity index (χ2v) is 6.16. The highest BCUT2D eigenvalue weighted by molar-refractivity contribution is 5.94. The highest BCUT2D eigenvalue weighted by Gasteiger charge is 2.33. The molecule has 1 aromatic carbocycles. The molecule has 0 bridgehead atoms. The Bertz CT molecular complexity index is 942. The number of anilines is 1. The van der Waals surface area contributed by atoms with Gasteiger partial charge in [-0.25, -0.2) is 4.79 Å². The highest BCUT2D eigenvalue weighted by Crippen LogP contribution is 2.38. The second-order valence-electron chi connectivity index (χ2n) is 6.16. The van der Waals surface area contributed by atoms with Crippen LogP contribution in [0.2, 0.25) is 0 Å². The van der Waals surface area contributed by atoms with E-state index in [0.29, 0.717) is 17.9 Å². The Labute approximate surface area is 144 Å². The van der Waals surface area contributed by atoms with Gasteiger partial charge in [0.25, 0.3) is 5.56 Å². The minimum absolute atomic E-state index is 0.132. The topological polar surface area (TPSA) is 82.3 Å². The predicted octanol–water partition coefficient (Wildman–Crippen LogP) is 1.35. The van der Waals surface area contributed by atoms with Crippen LogP contribution in [0.15, 0.2) is 33.9 Å². The van der Waals surface area contributed by atoms with Crippen molar-refractivity contribution in [2.45, 2.75) is 25.7 Å². The summed E-state index contributed by atoms with van der Waals surface area (Å²) in [4.78, 5) is 37.1. The first-order valence-electron chi connectivity index (χ1n) is 8.27. The van der Waals surface area contributed by atoms with E-state index in [1.807, 2.05) is 31.2 Å². The number of rotatable bonds is 4.